The zero-order valence-electron chi connectivity index (χ0n) is 19.7. The van der Waals surface area contributed by atoms with Crippen LogP contribution in [-0.2, 0) is 27.4 Å². The number of carbonyl (C=O) groups is 1. The number of ether oxygens (including phenoxy) is 2. The van der Waals surface area contributed by atoms with E-state index in [2.05, 4.69) is 30.7 Å². The average Bonchev–Trinajstić information content (AvgIpc) is 3.31. The van der Waals surface area contributed by atoms with Gasteiger partial charge in [0.05, 0.1) is 37.7 Å². The first-order chi connectivity index (χ1) is 17.7. The number of aromatic nitrogens is 8. The fourth-order valence-corrected chi connectivity index (χ4v) is 3.93. The summed E-state index contributed by atoms with van der Waals surface area (Å²) in [4.78, 5) is 16.5. The number of hydrogen-bond donors (Lipinski definition) is 1. The number of hydrogen-bond acceptors (Lipinski definition) is 8. The van der Waals surface area contributed by atoms with Gasteiger partial charge in [-0.2, -0.15) is 10.2 Å². The lowest BCUT2D eigenvalue weighted by Crippen LogP contribution is -2.13. The molecule has 0 atom stereocenters. The number of fused-ring (bicyclic) bond motifs is 2. The molecular weight excluding hydrogens is 462 g/mol. The molecule has 5 aromatic rings. The Morgan fingerprint density at radius 3 is 2.81 bits per heavy atom. The summed E-state index contributed by atoms with van der Waals surface area (Å²) >= 11 is 0. The van der Waals surface area contributed by atoms with Crippen molar-refractivity contribution in [1.82, 2.24) is 39.0 Å². The van der Waals surface area contributed by atoms with Gasteiger partial charge in [0, 0.05) is 36.5 Å². The Kier molecular flexibility index (Phi) is 5.87. The normalized spacial score (nSPS) is 13.6. The van der Waals surface area contributed by atoms with E-state index >= 15 is 0 Å². The molecule has 0 bridgehead atoms. The van der Waals surface area contributed by atoms with Crippen molar-refractivity contribution < 1.29 is 14.3 Å². The van der Waals surface area contributed by atoms with Crippen LogP contribution in [0.5, 0.6) is 0 Å². The molecule has 1 aliphatic carbocycles. The summed E-state index contributed by atoms with van der Waals surface area (Å²) < 4.78 is 15.9. The van der Waals surface area contributed by atoms with Crippen LogP contribution in [0.15, 0.2) is 49.1 Å². The summed E-state index contributed by atoms with van der Waals surface area (Å²) in [7, 11) is 1.64. The van der Waals surface area contributed by atoms with Crippen molar-refractivity contribution in [2.75, 3.05) is 25.6 Å². The van der Waals surface area contributed by atoms with Crippen LogP contribution in [0.3, 0.4) is 0 Å². The quantitative estimate of drug-likeness (QED) is 0.297. The molecule has 0 unspecified atom stereocenters. The Labute approximate surface area is 205 Å². The zero-order valence-corrected chi connectivity index (χ0v) is 19.7. The summed E-state index contributed by atoms with van der Waals surface area (Å²) in [5.41, 5.74) is 4.17. The molecule has 5 aromatic heterocycles. The van der Waals surface area contributed by atoms with Gasteiger partial charge in [0.25, 0.3) is 0 Å². The van der Waals surface area contributed by atoms with Gasteiger partial charge >= 0.3 is 0 Å². The molecule has 1 N–H and O–H groups in total. The van der Waals surface area contributed by atoms with Crippen LogP contribution in [0.25, 0.3) is 22.4 Å². The van der Waals surface area contributed by atoms with Crippen molar-refractivity contribution in [3.8, 4) is 11.1 Å². The summed E-state index contributed by atoms with van der Waals surface area (Å²) in [5, 5.41) is 20.6. The number of carbonyl (C=O) groups excluding carboxylic acids is 1. The van der Waals surface area contributed by atoms with Gasteiger partial charge in [-0.3, -0.25) is 9.20 Å². The molecule has 5 heterocycles. The Balaban J connectivity index is 1.20. The first kappa shape index (κ1) is 22.3. The summed E-state index contributed by atoms with van der Waals surface area (Å²) in [6.45, 7) is 1.41. The van der Waals surface area contributed by atoms with Gasteiger partial charge in [-0.25, -0.2) is 14.2 Å². The number of nitrogens with zero attached hydrogens (tertiary/aromatic N) is 8. The van der Waals surface area contributed by atoms with E-state index in [-0.39, 0.29) is 11.8 Å². The van der Waals surface area contributed by atoms with E-state index < -0.39 is 0 Å². The van der Waals surface area contributed by atoms with Crippen LogP contribution in [0.2, 0.25) is 0 Å². The second-order valence-electron chi connectivity index (χ2n) is 8.75. The highest BCUT2D eigenvalue weighted by Crippen LogP contribution is 2.30. The van der Waals surface area contributed by atoms with Gasteiger partial charge in [0.2, 0.25) is 5.91 Å². The van der Waals surface area contributed by atoms with Crippen LogP contribution in [-0.4, -0.2) is 65.2 Å². The predicted molar refractivity (Wildman–Crippen MR) is 129 cm³/mol. The molecule has 36 heavy (non-hydrogen) atoms. The molecule has 0 aromatic carbocycles. The monoisotopic (exact) mass is 487 g/mol. The Hall–Kier alpha value is -4.16. The van der Waals surface area contributed by atoms with Crippen molar-refractivity contribution in [3.63, 3.8) is 0 Å². The maximum absolute atomic E-state index is 12.0. The minimum atomic E-state index is 0.0218. The summed E-state index contributed by atoms with van der Waals surface area (Å²) in [6, 6.07) is 7.72. The van der Waals surface area contributed by atoms with E-state index in [1.54, 1.807) is 28.7 Å². The van der Waals surface area contributed by atoms with Gasteiger partial charge in [-0.1, -0.05) is 0 Å². The third kappa shape index (κ3) is 4.68. The highest BCUT2D eigenvalue weighted by molar-refractivity contribution is 5.93. The highest BCUT2D eigenvalue weighted by Gasteiger charge is 2.30. The molecule has 12 heteroatoms. The largest absolute Gasteiger partial charge is 0.382 e. The average molecular weight is 488 g/mol. The number of rotatable bonds is 10. The second-order valence-corrected chi connectivity index (χ2v) is 8.75. The van der Waals surface area contributed by atoms with E-state index in [1.165, 1.54) is 0 Å². The fourth-order valence-electron chi connectivity index (χ4n) is 3.93. The van der Waals surface area contributed by atoms with Crippen LogP contribution in [0, 0.1) is 5.92 Å². The molecule has 6 rings (SSSR count). The van der Waals surface area contributed by atoms with E-state index in [0.29, 0.717) is 37.8 Å². The minimum Gasteiger partial charge on any atom is -0.382 e. The lowest BCUT2D eigenvalue weighted by molar-refractivity contribution is -0.117. The molecule has 0 radical (unpaired) electrons. The van der Waals surface area contributed by atoms with Crippen molar-refractivity contribution in [2.24, 2.45) is 5.92 Å². The molecule has 1 aliphatic rings. The van der Waals surface area contributed by atoms with E-state index in [4.69, 9.17) is 9.47 Å². The molecule has 1 amide bonds. The number of anilines is 1. The van der Waals surface area contributed by atoms with Gasteiger partial charge in [0.1, 0.15) is 12.6 Å². The zero-order chi connectivity index (χ0) is 24.5. The van der Waals surface area contributed by atoms with Gasteiger partial charge in [-0.15, -0.1) is 10.2 Å². The molecule has 1 fully saturated rings. The first-order valence-electron chi connectivity index (χ1n) is 11.8. The summed E-state index contributed by atoms with van der Waals surface area (Å²) in [5.74, 6) is 1.41. The predicted octanol–water partition coefficient (Wildman–Crippen LogP) is 2.20. The third-order valence-corrected chi connectivity index (χ3v) is 6.01. The van der Waals surface area contributed by atoms with Crippen LogP contribution >= 0.6 is 0 Å². The minimum absolute atomic E-state index is 0.0218. The summed E-state index contributed by atoms with van der Waals surface area (Å²) in [6.07, 6.45) is 9.84. The number of pyridine rings is 1. The molecule has 0 saturated heterocycles. The molecule has 0 aliphatic heterocycles. The highest BCUT2D eigenvalue weighted by atomic mass is 16.5. The van der Waals surface area contributed by atoms with E-state index in [0.717, 1.165) is 41.1 Å². The van der Waals surface area contributed by atoms with Crippen LogP contribution < -0.4 is 5.32 Å². The van der Waals surface area contributed by atoms with Gasteiger partial charge in [0.15, 0.2) is 17.1 Å². The van der Waals surface area contributed by atoms with Crippen molar-refractivity contribution >= 4 is 23.0 Å². The molecule has 184 valence electrons. The van der Waals surface area contributed by atoms with Crippen molar-refractivity contribution in [3.05, 3.63) is 60.6 Å². The number of nitrogens with one attached hydrogen (secondary N) is 1. The van der Waals surface area contributed by atoms with Crippen molar-refractivity contribution in [2.45, 2.75) is 26.0 Å². The van der Waals surface area contributed by atoms with Crippen LogP contribution in [0.4, 0.5) is 5.82 Å². The Morgan fingerprint density at radius 2 is 1.94 bits per heavy atom. The van der Waals surface area contributed by atoms with Crippen molar-refractivity contribution in [1.29, 1.82) is 0 Å². The van der Waals surface area contributed by atoms with E-state index in [1.807, 2.05) is 41.1 Å². The molecule has 1 saturated carbocycles. The first-order valence-corrected chi connectivity index (χ1v) is 11.8. The Morgan fingerprint density at radius 1 is 1.06 bits per heavy atom. The smallest absolute Gasteiger partial charge is 0.228 e. The van der Waals surface area contributed by atoms with Crippen LogP contribution in [0.1, 0.15) is 24.4 Å². The fraction of sp³-hybridized carbons (Fsp3) is 0.333. The SMILES string of the molecule is COCCOCn1cc(-c2ccc3nnc(Cc4ccc5nc(NC(=O)C6CC6)cn5n4)n3c2)cn1. The lowest BCUT2D eigenvalue weighted by atomic mass is 10.1. The van der Waals surface area contributed by atoms with Gasteiger partial charge in [-0.05, 0) is 37.1 Å². The second kappa shape index (κ2) is 9.47. The molecular formula is C24H25N9O3. The molecule has 0 spiro atoms. The number of methoxy groups -OCH3 is 1. The Bertz CT molecular complexity index is 1530. The standard InChI is InChI=1S/C24H25N9O3/c1-35-8-9-36-15-31-12-18(11-25-31)17-4-6-22-28-29-23(32(22)13-17)10-19-5-7-21-26-20(14-33(21)30-19)27-24(34)16-2-3-16/h4-7,11-14,16H,2-3,8-10,15H2,1H3,(H,27,34). The maximum atomic E-state index is 12.0. The maximum Gasteiger partial charge on any atom is 0.228 e. The van der Waals surface area contributed by atoms with E-state index in [9.17, 15) is 4.79 Å². The van der Waals surface area contributed by atoms with Gasteiger partial charge < -0.3 is 14.8 Å². The molecule has 12 nitrogen and oxygen atoms in total. The number of imidazole rings is 1. The lowest BCUT2D eigenvalue weighted by Gasteiger charge is -2.04. The topological polar surface area (TPSA) is 126 Å². The number of amides is 1. The third-order valence-electron chi connectivity index (χ3n) is 6.01.